The Morgan fingerprint density at radius 3 is 2.38 bits per heavy atom. The van der Waals surface area contributed by atoms with Crippen LogP contribution in [0.25, 0.3) is 0 Å². The monoisotopic (exact) mass is 229 g/mol. The van der Waals surface area contributed by atoms with Crippen molar-refractivity contribution in [2.45, 2.75) is 25.8 Å². The molecule has 0 radical (unpaired) electrons. The number of rotatable bonds is 6. The highest BCUT2D eigenvalue weighted by atomic mass is 35.5. The van der Waals surface area contributed by atoms with Gasteiger partial charge in [-0.25, -0.2) is 13.1 Å². The number of halogens is 1. The van der Waals surface area contributed by atoms with E-state index >= 15 is 0 Å². The molecule has 0 aliphatic rings. The van der Waals surface area contributed by atoms with Crippen molar-refractivity contribution in [3.63, 3.8) is 0 Å². The van der Waals surface area contributed by atoms with Crippen LogP contribution in [-0.2, 0) is 10.0 Å². The van der Waals surface area contributed by atoms with Crippen molar-refractivity contribution in [3.8, 4) is 0 Å². The number of hydrogen-bond acceptors (Lipinski definition) is 3. The second kappa shape index (κ2) is 5.14. The second-order valence-corrected chi connectivity index (χ2v) is 5.73. The molecule has 4 nitrogen and oxygen atoms in total. The molecular weight excluding hydrogens is 214 g/mol. The molecule has 6 heteroatoms. The Bertz CT molecular complexity index is 238. The molecule has 0 aromatic rings. The van der Waals surface area contributed by atoms with Crippen LogP contribution in [0.2, 0.25) is 0 Å². The van der Waals surface area contributed by atoms with Gasteiger partial charge < -0.3 is 5.11 Å². The van der Waals surface area contributed by atoms with E-state index in [1.165, 1.54) is 0 Å². The van der Waals surface area contributed by atoms with E-state index in [-0.39, 0.29) is 12.4 Å². The van der Waals surface area contributed by atoms with Crippen LogP contribution in [0.15, 0.2) is 0 Å². The van der Waals surface area contributed by atoms with Gasteiger partial charge in [0.2, 0.25) is 10.0 Å². The molecule has 0 aliphatic heterocycles. The molecule has 0 aliphatic carbocycles. The standard InChI is InChI=1S/C7H16ClNO3S/c1-7(2,6-10)9-13(11,12)5-3-4-8/h9-10H,3-6H2,1-2H3. The third-order valence-corrected chi connectivity index (χ3v) is 3.33. The van der Waals surface area contributed by atoms with Gasteiger partial charge in [-0.05, 0) is 20.3 Å². The number of hydrogen-bond donors (Lipinski definition) is 2. The first-order chi connectivity index (χ1) is 5.83. The lowest BCUT2D eigenvalue weighted by molar-refractivity contribution is 0.208. The third kappa shape index (κ3) is 6.26. The molecule has 0 heterocycles. The van der Waals surface area contributed by atoms with Crippen LogP contribution in [0.5, 0.6) is 0 Å². The molecule has 0 spiro atoms. The Hall–Kier alpha value is 0.160. The van der Waals surface area contributed by atoms with Crippen LogP contribution in [0, 0.1) is 0 Å². The van der Waals surface area contributed by atoms with Crippen molar-refractivity contribution in [3.05, 3.63) is 0 Å². The summed E-state index contributed by atoms with van der Waals surface area (Å²) >= 11 is 5.37. The molecule has 13 heavy (non-hydrogen) atoms. The fourth-order valence-electron chi connectivity index (χ4n) is 0.749. The van der Waals surface area contributed by atoms with E-state index in [0.717, 1.165) is 0 Å². The maximum atomic E-state index is 11.3. The predicted molar refractivity (Wildman–Crippen MR) is 53.4 cm³/mol. The third-order valence-electron chi connectivity index (χ3n) is 1.37. The molecule has 0 atom stereocenters. The van der Waals surface area contributed by atoms with Crippen molar-refractivity contribution in [1.82, 2.24) is 4.72 Å². The van der Waals surface area contributed by atoms with Gasteiger partial charge in [0, 0.05) is 5.88 Å². The minimum Gasteiger partial charge on any atom is -0.394 e. The Balaban J connectivity index is 4.18. The number of aliphatic hydroxyl groups excluding tert-OH is 1. The Kier molecular flexibility index (Phi) is 5.21. The van der Waals surface area contributed by atoms with Gasteiger partial charge in [0.05, 0.1) is 17.9 Å². The van der Waals surface area contributed by atoms with Crippen LogP contribution >= 0.6 is 11.6 Å². The van der Waals surface area contributed by atoms with Crippen LogP contribution < -0.4 is 4.72 Å². The fraction of sp³-hybridized carbons (Fsp3) is 1.00. The van der Waals surface area contributed by atoms with Gasteiger partial charge in [0.25, 0.3) is 0 Å². The van der Waals surface area contributed by atoms with Crippen molar-refractivity contribution in [1.29, 1.82) is 0 Å². The average molecular weight is 230 g/mol. The lowest BCUT2D eigenvalue weighted by atomic mass is 10.1. The molecule has 0 saturated heterocycles. The molecule has 0 fully saturated rings. The average Bonchev–Trinajstić information content (AvgIpc) is 1.99. The first kappa shape index (κ1) is 13.2. The topological polar surface area (TPSA) is 66.4 Å². The highest BCUT2D eigenvalue weighted by Gasteiger charge is 2.23. The van der Waals surface area contributed by atoms with E-state index in [9.17, 15) is 8.42 Å². The van der Waals surface area contributed by atoms with Crippen molar-refractivity contribution < 1.29 is 13.5 Å². The zero-order valence-electron chi connectivity index (χ0n) is 7.88. The van der Waals surface area contributed by atoms with E-state index in [1.54, 1.807) is 13.8 Å². The molecular formula is C7H16ClNO3S. The maximum absolute atomic E-state index is 11.3. The fourth-order valence-corrected chi connectivity index (χ4v) is 2.57. The van der Waals surface area contributed by atoms with Gasteiger partial charge in [-0.1, -0.05) is 0 Å². The minimum absolute atomic E-state index is 0.0000694. The summed E-state index contributed by atoms with van der Waals surface area (Å²) in [6, 6.07) is 0. The summed E-state index contributed by atoms with van der Waals surface area (Å²) in [5.74, 6) is 0.320. The summed E-state index contributed by atoms with van der Waals surface area (Å²) in [6.45, 7) is 3.00. The highest BCUT2D eigenvalue weighted by Crippen LogP contribution is 2.04. The van der Waals surface area contributed by atoms with Gasteiger partial charge in [-0.15, -0.1) is 11.6 Å². The van der Waals surface area contributed by atoms with Gasteiger partial charge >= 0.3 is 0 Å². The zero-order chi connectivity index (χ0) is 10.5. The predicted octanol–water partition coefficient (Wildman–Crippen LogP) is 0.306. The molecule has 0 saturated carbocycles. The van der Waals surface area contributed by atoms with E-state index in [4.69, 9.17) is 16.7 Å². The van der Waals surface area contributed by atoms with Crippen LogP contribution in [0.3, 0.4) is 0 Å². The van der Waals surface area contributed by atoms with Gasteiger partial charge in [-0.3, -0.25) is 0 Å². The maximum Gasteiger partial charge on any atom is 0.212 e. The van der Waals surface area contributed by atoms with E-state index < -0.39 is 15.6 Å². The minimum atomic E-state index is -3.31. The number of aliphatic hydroxyl groups is 1. The van der Waals surface area contributed by atoms with Gasteiger partial charge in [0.15, 0.2) is 0 Å². The van der Waals surface area contributed by atoms with Crippen LogP contribution in [0.1, 0.15) is 20.3 Å². The Morgan fingerprint density at radius 2 is 2.00 bits per heavy atom. The molecule has 0 aromatic heterocycles. The second-order valence-electron chi connectivity index (χ2n) is 3.51. The van der Waals surface area contributed by atoms with Crippen molar-refractivity contribution in [2.75, 3.05) is 18.2 Å². The SMILES string of the molecule is CC(C)(CO)NS(=O)(=O)CCCCl. The van der Waals surface area contributed by atoms with E-state index in [0.29, 0.717) is 12.3 Å². The number of nitrogens with one attached hydrogen (secondary N) is 1. The van der Waals surface area contributed by atoms with Crippen molar-refractivity contribution in [2.24, 2.45) is 0 Å². The summed E-state index contributed by atoms with van der Waals surface area (Å²) in [7, 11) is -3.31. The lowest BCUT2D eigenvalue weighted by Crippen LogP contribution is -2.47. The largest absolute Gasteiger partial charge is 0.394 e. The van der Waals surface area contributed by atoms with Crippen LogP contribution in [-0.4, -0.2) is 37.3 Å². The van der Waals surface area contributed by atoms with Gasteiger partial charge in [-0.2, -0.15) is 0 Å². The molecule has 80 valence electrons. The Morgan fingerprint density at radius 1 is 1.46 bits per heavy atom. The zero-order valence-corrected chi connectivity index (χ0v) is 9.45. The van der Waals surface area contributed by atoms with Gasteiger partial charge in [0.1, 0.15) is 0 Å². The number of sulfonamides is 1. The molecule has 0 aromatic carbocycles. The summed E-state index contributed by atoms with van der Waals surface area (Å²) in [4.78, 5) is 0. The summed E-state index contributed by atoms with van der Waals surface area (Å²) in [6.07, 6.45) is 0.415. The molecule has 0 rings (SSSR count). The summed E-state index contributed by atoms with van der Waals surface area (Å²) in [5, 5.41) is 8.83. The normalized spacial score (nSPS) is 13.2. The Labute approximate surface area is 84.3 Å². The molecule has 0 unspecified atom stereocenters. The summed E-state index contributed by atoms with van der Waals surface area (Å²) < 4.78 is 24.9. The van der Waals surface area contributed by atoms with Crippen LogP contribution in [0.4, 0.5) is 0 Å². The quantitative estimate of drug-likeness (QED) is 0.644. The van der Waals surface area contributed by atoms with Crippen molar-refractivity contribution >= 4 is 21.6 Å². The van der Waals surface area contributed by atoms with E-state index in [1.807, 2.05) is 0 Å². The molecule has 0 bridgehead atoms. The molecule has 0 amide bonds. The first-order valence-corrected chi connectivity index (χ1v) is 6.20. The first-order valence-electron chi connectivity index (χ1n) is 4.01. The number of alkyl halides is 1. The highest BCUT2D eigenvalue weighted by molar-refractivity contribution is 7.89. The lowest BCUT2D eigenvalue weighted by Gasteiger charge is -2.22. The molecule has 2 N–H and O–H groups in total. The van der Waals surface area contributed by atoms with E-state index in [2.05, 4.69) is 4.72 Å². The summed E-state index contributed by atoms with van der Waals surface area (Å²) in [5.41, 5.74) is -0.800. The smallest absolute Gasteiger partial charge is 0.212 e.